The Morgan fingerprint density at radius 2 is 1.91 bits per heavy atom. The summed E-state index contributed by atoms with van der Waals surface area (Å²) in [5.74, 6) is 0.460. The molecule has 186 valence electrons. The molecule has 3 rings (SSSR count). The van der Waals surface area contributed by atoms with Crippen molar-refractivity contribution in [3.63, 3.8) is 0 Å². The fraction of sp³-hybridized carbons (Fsp3) is 0.577. The van der Waals surface area contributed by atoms with Crippen molar-refractivity contribution >= 4 is 34.7 Å². The zero-order valence-electron chi connectivity index (χ0n) is 21.1. The van der Waals surface area contributed by atoms with Crippen LogP contribution in [0.25, 0.3) is 0 Å². The third-order valence-corrected chi connectivity index (χ3v) is 7.32. The Kier molecular flexibility index (Phi) is 8.77. The fourth-order valence-corrected chi connectivity index (χ4v) is 5.11. The van der Waals surface area contributed by atoms with Gasteiger partial charge in [0.25, 0.3) is 5.91 Å². The lowest BCUT2D eigenvalue weighted by atomic mass is 9.81. The third-order valence-electron chi connectivity index (χ3n) is 7.10. The van der Waals surface area contributed by atoms with Gasteiger partial charge in [-0.05, 0) is 84.2 Å². The van der Waals surface area contributed by atoms with Gasteiger partial charge in [0.05, 0.1) is 19.2 Å². The van der Waals surface area contributed by atoms with Crippen LogP contribution in [-0.2, 0) is 9.53 Å². The molecule has 7 nitrogen and oxygen atoms in total. The predicted octanol–water partition coefficient (Wildman–Crippen LogP) is 4.59. The number of nitrogens with one attached hydrogen (secondary N) is 2. The summed E-state index contributed by atoms with van der Waals surface area (Å²) < 4.78 is 5.25. The highest BCUT2D eigenvalue weighted by Crippen LogP contribution is 2.32. The van der Waals surface area contributed by atoms with Crippen LogP contribution in [-0.4, -0.2) is 62.1 Å². The highest BCUT2D eigenvalue weighted by atomic mass is 35.5. The molecule has 2 N–H and O–H groups in total. The molecule has 1 heterocycles. The molecule has 0 aromatic heterocycles. The molecule has 1 unspecified atom stereocenters. The Bertz CT molecular complexity index is 994. The third kappa shape index (κ3) is 6.19. The van der Waals surface area contributed by atoms with E-state index < -0.39 is 0 Å². The second-order valence-corrected chi connectivity index (χ2v) is 10.1. The van der Waals surface area contributed by atoms with E-state index in [0.29, 0.717) is 33.8 Å². The molecule has 8 heteroatoms. The second-order valence-electron chi connectivity index (χ2n) is 9.71. The molecule has 0 bridgehead atoms. The largest absolute Gasteiger partial charge is 0.481 e. The number of hydrogen-bond donors (Lipinski definition) is 2. The zero-order valence-corrected chi connectivity index (χ0v) is 21.9. The summed E-state index contributed by atoms with van der Waals surface area (Å²) in [5.41, 5.74) is 3.26. The van der Waals surface area contributed by atoms with E-state index in [1.807, 2.05) is 13.0 Å². The Morgan fingerprint density at radius 1 is 1.24 bits per heavy atom. The molecule has 1 saturated carbocycles. The van der Waals surface area contributed by atoms with Crippen LogP contribution in [0.1, 0.15) is 61.9 Å². The summed E-state index contributed by atoms with van der Waals surface area (Å²) >= 11 is 6.40. The van der Waals surface area contributed by atoms with Crippen LogP contribution in [0, 0.1) is 12.8 Å². The van der Waals surface area contributed by atoms with Gasteiger partial charge in [-0.1, -0.05) is 11.6 Å². The quantitative estimate of drug-likeness (QED) is 0.559. The van der Waals surface area contributed by atoms with Crippen molar-refractivity contribution < 1.29 is 14.3 Å². The molecule has 1 aromatic carbocycles. The van der Waals surface area contributed by atoms with E-state index in [9.17, 15) is 9.59 Å². The van der Waals surface area contributed by atoms with Gasteiger partial charge < -0.3 is 20.3 Å². The number of aliphatic imine (C=N–C) groups is 1. The minimum absolute atomic E-state index is 0.0534. The van der Waals surface area contributed by atoms with Crippen molar-refractivity contribution in [1.29, 1.82) is 0 Å². The molecule has 0 saturated heterocycles. The van der Waals surface area contributed by atoms with Crippen LogP contribution >= 0.6 is 11.6 Å². The number of rotatable bonds is 8. The number of ether oxygens (including phenoxy) is 1. The minimum Gasteiger partial charge on any atom is -0.481 e. The van der Waals surface area contributed by atoms with Gasteiger partial charge in [0.2, 0.25) is 5.88 Å². The topological polar surface area (TPSA) is 83.0 Å². The molecule has 1 atom stereocenters. The van der Waals surface area contributed by atoms with Gasteiger partial charge in [-0.15, -0.1) is 0 Å². The van der Waals surface area contributed by atoms with Crippen molar-refractivity contribution in [1.82, 2.24) is 10.2 Å². The molecular formula is C26H37ClN4O3. The average molecular weight is 489 g/mol. The van der Waals surface area contributed by atoms with Gasteiger partial charge in [0.1, 0.15) is 0 Å². The zero-order chi connectivity index (χ0) is 25.0. The first-order chi connectivity index (χ1) is 16.1. The first kappa shape index (κ1) is 26.2. The minimum atomic E-state index is -0.288. The number of benzene rings is 1. The van der Waals surface area contributed by atoms with E-state index >= 15 is 0 Å². The van der Waals surface area contributed by atoms with E-state index in [-0.39, 0.29) is 36.6 Å². The molecule has 1 aromatic rings. The van der Waals surface area contributed by atoms with Crippen molar-refractivity contribution in [3.8, 4) is 0 Å². The number of nitrogens with zero attached hydrogens (tertiary/aromatic N) is 2. The maximum Gasteiger partial charge on any atom is 0.251 e. The summed E-state index contributed by atoms with van der Waals surface area (Å²) in [6, 6.07) is 4.47. The van der Waals surface area contributed by atoms with Gasteiger partial charge in [-0.3, -0.25) is 9.59 Å². The maximum atomic E-state index is 13.1. The SMILES string of the molecule is COC1=C(CNC(=O)c2cc(Cl)cc(NC(C)[C@H]3CC[C@H](N(C)C)CC3)c2C)C(=O)CC(C)=N1. The van der Waals surface area contributed by atoms with Crippen molar-refractivity contribution in [3.05, 3.63) is 39.7 Å². The standard InChI is InChI=1S/C26H37ClN4O3/c1-15-11-24(32)22(26(29-15)34-6)14-28-25(33)21-12-19(27)13-23(16(21)2)30-17(3)18-7-9-20(10-8-18)31(4)5/h12-13,17-18,20,30H,7-11,14H2,1-6H3,(H,28,33)/t17?,18-,20-. The summed E-state index contributed by atoms with van der Waals surface area (Å²) in [5, 5.41) is 6.96. The number of halogens is 1. The lowest BCUT2D eigenvalue weighted by Crippen LogP contribution is -2.36. The number of ketones is 1. The number of hydrogen-bond acceptors (Lipinski definition) is 6. The van der Waals surface area contributed by atoms with E-state index in [4.69, 9.17) is 16.3 Å². The lowest BCUT2D eigenvalue weighted by molar-refractivity contribution is -0.114. The van der Waals surface area contributed by atoms with Gasteiger partial charge >= 0.3 is 0 Å². The number of amides is 1. The molecular weight excluding hydrogens is 452 g/mol. The van der Waals surface area contributed by atoms with Crippen LogP contribution in [0.15, 0.2) is 28.6 Å². The first-order valence-electron chi connectivity index (χ1n) is 12.0. The van der Waals surface area contributed by atoms with Crippen LogP contribution in [0.2, 0.25) is 5.02 Å². The van der Waals surface area contributed by atoms with E-state index in [2.05, 4.69) is 41.5 Å². The van der Waals surface area contributed by atoms with Gasteiger partial charge in [-0.25, -0.2) is 4.99 Å². The number of Topliss-reactive ketones (excluding diaryl/α,β-unsaturated/α-hetero) is 1. The first-order valence-corrected chi connectivity index (χ1v) is 12.3. The highest BCUT2D eigenvalue weighted by Gasteiger charge is 2.27. The molecule has 1 fully saturated rings. The van der Waals surface area contributed by atoms with Crippen LogP contribution in [0.3, 0.4) is 0 Å². The second kappa shape index (κ2) is 11.4. The van der Waals surface area contributed by atoms with Crippen molar-refractivity contribution in [2.75, 3.05) is 33.1 Å². The molecule has 0 radical (unpaired) electrons. The molecule has 34 heavy (non-hydrogen) atoms. The monoisotopic (exact) mass is 488 g/mol. The van der Waals surface area contributed by atoms with E-state index in [1.165, 1.54) is 32.8 Å². The van der Waals surface area contributed by atoms with Gasteiger partial charge in [0, 0.05) is 40.5 Å². The summed E-state index contributed by atoms with van der Waals surface area (Å²) in [6.45, 7) is 5.96. The summed E-state index contributed by atoms with van der Waals surface area (Å²) in [6.07, 6.45) is 4.99. The Labute approximate surface area is 208 Å². The maximum absolute atomic E-state index is 13.1. The Hall–Kier alpha value is -2.38. The molecule has 2 aliphatic rings. The molecule has 1 amide bonds. The van der Waals surface area contributed by atoms with Gasteiger partial charge in [-0.2, -0.15) is 0 Å². The summed E-state index contributed by atoms with van der Waals surface area (Å²) in [7, 11) is 5.78. The van der Waals surface area contributed by atoms with Crippen LogP contribution < -0.4 is 10.6 Å². The summed E-state index contributed by atoms with van der Waals surface area (Å²) in [4.78, 5) is 32.1. The van der Waals surface area contributed by atoms with Crippen LogP contribution in [0.5, 0.6) is 0 Å². The number of methoxy groups -OCH3 is 1. The molecule has 1 aliphatic carbocycles. The van der Waals surface area contributed by atoms with Crippen LogP contribution in [0.4, 0.5) is 5.69 Å². The van der Waals surface area contributed by atoms with E-state index in [0.717, 1.165) is 11.3 Å². The Morgan fingerprint density at radius 3 is 2.53 bits per heavy atom. The Balaban J connectivity index is 1.70. The fourth-order valence-electron chi connectivity index (χ4n) is 4.89. The smallest absolute Gasteiger partial charge is 0.251 e. The molecule has 0 spiro atoms. The predicted molar refractivity (Wildman–Crippen MR) is 138 cm³/mol. The average Bonchev–Trinajstić information content (AvgIpc) is 2.79. The lowest BCUT2D eigenvalue weighted by Gasteiger charge is -2.36. The number of anilines is 1. The van der Waals surface area contributed by atoms with Gasteiger partial charge in [0.15, 0.2) is 5.78 Å². The number of carbonyl (C=O) groups excluding carboxylic acids is 2. The number of carbonyl (C=O) groups is 2. The van der Waals surface area contributed by atoms with E-state index in [1.54, 1.807) is 13.0 Å². The normalized spacial score (nSPS) is 21.9. The highest BCUT2D eigenvalue weighted by molar-refractivity contribution is 6.31. The van der Waals surface area contributed by atoms with Crippen molar-refractivity contribution in [2.24, 2.45) is 10.9 Å². The molecule has 1 aliphatic heterocycles. The van der Waals surface area contributed by atoms with Crippen molar-refractivity contribution in [2.45, 2.75) is 65.0 Å².